The fraction of sp³-hybridized carbons (Fsp3) is 0.500. The first-order valence-corrected chi connectivity index (χ1v) is 3.73. The first-order valence-electron chi connectivity index (χ1n) is 3.73. The Bertz CT molecular complexity index is 288. The first kappa shape index (κ1) is 8.60. The molecule has 0 radical (unpaired) electrons. The minimum Gasteiger partial charge on any atom is -0.308 e. The van der Waals surface area contributed by atoms with Crippen molar-refractivity contribution >= 4 is 0 Å². The minimum atomic E-state index is 0.624. The zero-order valence-corrected chi connectivity index (χ0v) is 7.57. The molecule has 1 rings (SSSR count). The van der Waals surface area contributed by atoms with Gasteiger partial charge in [0, 0.05) is 14.1 Å². The van der Waals surface area contributed by atoms with Crippen LogP contribution in [0.4, 0.5) is 0 Å². The maximum atomic E-state index is 8.56. The Hall–Kier alpha value is -1.50. The molecule has 4 heteroatoms. The van der Waals surface area contributed by atoms with Gasteiger partial charge in [0.2, 0.25) is 0 Å². The van der Waals surface area contributed by atoms with Gasteiger partial charge in [-0.15, -0.1) is 0 Å². The first-order chi connectivity index (χ1) is 5.65. The average Bonchev–Trinajstić information content (AvgIpc) is 2.35. The van der Waals surface area contributed by atoms with Crippen LogP contribution in [0.5, 0.6) is 0 Å². The van der Waals surface area contributed by atoms with Crippen LogP contribution in [0.2, 0.25) is 0 Å². The molecule has 0 spiro atoms. The summed E-state index contributed by atoms with van der Waals surface area (Å²) in [7, 11) is 3.64. The Balaban J connectivity index is 2.82. The van der Waals surface area contributed by atoms with Crippen LogP contribution < -0.4 is 0 Å². The molecule has 0 aliphatic carbocycles. The molecule has 64 valence electrons. The number of aromatic nitrogens is 2. The summed E-state index contributed by atoms with van der Waals surface area (Å²) < 4.78 is 1.79. The van der Waals surface area contributed by atoms with Crippen molar-refractivity contribution in [2.75, 3.05) is 7.05 Å². The van der Waals surface area contributed by atoms with Crippen LogP contribution >= 0.6 is 0 Å². The molecule has 1 heterocycles. The molecule has 0 aliphatic heterocycles. The van der Waals surface area contributed by atoms with Crippen LogP contribution in [0.15, 0.2) is 6.20 Å². The monoisotopic (exact) mass is 164 g/mol. The van der Waals surface area contributed by atoms with E-state index < -0.39 is 0 Å². The van der Waals surface area contributed by atoms with Gasteiger partial charge in [-0.1, -0.05) is 0 Å². The number of nitriles is 1. The second-order valence-corrected chi connectivity index (χ2v) is 2.85. The maximum Gasteiger partial charge on any atom is 0.179 e. The largest absolute Gasteiger partial charge is 0.308 e. The van der Waals surface area contributed by atoms with Crippen molar-refractivity contribution in [1.29, 1.82) is 5.26 Å². The summed E-state index contributed by atoms with van der Waals surface area (Å²) in [4.78, 5) is 1.57. The lowest BCUT2D eigenvalue weighted by Gasteiger charge is -2.09. The molecule has 0 saturated carbocycles. The fourth-order valence-corrected chi connectivity index (χ4v) is 1.06. The molecule has 0 aromatic carbocycles. The highest BCUT2D eigenvalue weighted by molar-refractivity contribution is 5.15. The number of rotatable bonds is 2. The van der Waals surface area contributed by atoms with E-state index in [1.807, 2.05) is 20.2 Å². The van der Waals surface area contributed by atoms with Gasteiger partial charge >= 0.3 is 0 Å². The van der Waals surface area contributed by atoms with Crippen LogP contribution in [0.1, 0.15) is 11.3 Å². The predicted octanol–water partition coefficient (Wildman–Crippen LogP) is 0.641. The normalized spacial score (nSPS) is 9.50. The molecule has 0 atom stereocenters. The van der Waals surface area contributed by atoms with Crippen LogP contribution in [0.25, 0.3) is 0 Å². The minimum absolute atomic E-state index is 0.624. The summed E-state index contributed by atoms with van der Waals surface area (Å²) in [6.07, 6.45) is 3.86. The van der Waals surface area contributed by atoms with Crippen molar-refractivity contribution in [2.24, 2.45) is 7.05 Å². The molecule has 0 unspecified atom stereocenters. The standard InChI is InChI=1S/C8H12N4/c1-7-4-10-12(3)8(7)5-11(2)6-9/h4H,5H2,1-3H3. The molecule has 0 aliphatic rings. The van der Waals surface area contributed by atoms with E-state index in [-0.39, 0.29) is 0 Å². The zero-order chi connectivity index (χ0) is 9.14. The van der Waals surface area contributed by atoms with Crippen molar-refractivity contribution < 1.29 is 0 Å². The Morgan fingerprint density at radius 3 is 2.83 bits per heavy atom. The quantitative estimate of drug-likeness (QED) is 0.476. The Kier molecular flexibility index (Phi) is 2.34. The van der Waals surface area contributed by atoms with Gasteiger partial charge in [0.05, 0.1) is 18.4 Å². The number of aryl methyl sites for hydroxylation is 2. The molecule has 0 bridgehead atoms. The van der Waals surface area contributed by atoms with E-state index in [1.165, 1.54) is 0 Å². The van der Waals surface area contributed by atoms with E-state index in [0.29, 0.717) is 6.54 Å². The molecule has 1 aromatic heterocycles. The van der Waals surface area contributed by atoms with E-state index in [4.69, 9.17) is 5.26 Å². The van der Waals surface area contributed by atoms with Crippen LogP contribution in [-0.2, 0) is 13.6 Å². The van der Waals surface area contributed by atoms with Gasteiger partial charge in [-0.3, -0.25) is 4.68 Å². The van der Waals surface area contributed by atoms with Crippen LogP contribution in [0.3, 0.4) is 0 Å². The predicted molar refractivity (Wildman–Crippen MR) is 45.0 cm³/mol. The van der Waals surface area contributed by atoms with E-state index in [1.54, 1.807) is 22.8 Å². The summed E-state index contributed by atoms with van der Waals surface area (Å²) in [5, 5.41) is 12.6. The molecule has 0 N–H and O–H groups in total. The number of hydrogen-bond acceptors (Lipinski definition) is 3. The number of nitrogens with zero attached hydrogens (tertiary/aromatic N) is 4. The summed E-state index contributed by atoms with van der Waals surface area (Å²) in [5.74, 6) is 0. The van der Waals surface area contributed by atoms with E-state index in [0.717, 1.165) is 11.3 Å². The smallest absolute Gasteiger partial charge is 0.179 e. The van der Waals surface area contributed by atoms with Crippen molar-refractivity contribution in [3.05, 3.63) is 17.5 Å². The van der Waals surface area contributed by atoms with Gasteiger partial charge < -0.3 is 4.90 Å². The molecular weight excluding hydrogens is 152 g/mol. The van der Waals surface area contributed by atoms with Crippen LogP contribution in [0, 0.1) is 18.4 Å². The van der Waals surface area contributed by atoms with Crippen molar-refractivity contribution in [3.63, 3.8) is 0 Å². The number of hydrogen-bond donors (Lipinski definition) is 0. The molecular formula is C8H12N4. The highest BCUT2D eigenvalue weighted by Gasteiger charge is 2.05. The van der Waals surface area contributed by atoms with E-state index in [9.17, 15) is 0 Å². The fourth-order valence-electron chi connectivity index (χ4n) is 1.06. The second-order valence-electron chi connectivity index (χ2n) is 2.85. The molecule has 0 saturated heterocycles. The van der Waals surface area contributed by atoms with Crippen molar-refractivity contribution in [2.45, 2.75) is 13.5 Å². The molecule has 12 heavy (non-hydrogen) atoms. The lowest BCUT2D eigenvalue weighted by Crippen LogP contribution is -2.14. The highest BCUT2D eigenvalue weighted by atomic mass is 15.3. The Morgan fingerprint density at radius 1 is 1.75 bits per heavy atom. The third-order valence-corrected chi connectivity index (χ3v) is 1.83. The zero-order valence-electron chi connectivity index (χ0n) is 7.57. The van der Waals surface area contributed by atoms with Crippen LogP contribution in [-0.4, -0.2) is 21.7 Å². The van der Waals surface area contributed by atoms with Gasteiger partial charge in [0.15, 0.2) is 6.19 Å². The van der Waals surface area contributed by atoms with Gasteiger partial charge in [-0.2, -0.15) is 10.4 Å². The maximum absolute atomic E-state index is 8.56. The van der Waals surface area contributed by atoms with Crippen molar-refractivity contribution in [3.8, 4) is 6.19 Å². The molecule has 4 nitrogen and oxygen atoms in total. The lowest BCUT2D eigenvalue weighted by molar-refractivity contribution is 0.447. The van der Waals surface area contributed by atoms with Gasteiger partial charge in [-0.25, -0.2) is 0 Å². The molecule has 0 fully saturated rings. The SMILES string of the molecule is Cc1cnn(C)c1CN(C)C#N. The third kappa shape index (κ3) is 1.56. The lowest BCUT2D eigenvalue weighted by atomic mass is 10.3. The van der Waals surface area contributed by atoms with Gasteiger partial charge in [-0.05, 0) is 12.5 Å². The second kappa shape index (κ2) is 3.26. The average molecular weight is 164 g/mol. The van der Waals surface area contributed by atoms with E-state index in [2.05, 4.69) is 5.10 Å². The highest BCUT2D eigenvalue weighted by Crippen LogP contribution is 2.07. The topological polar surface area (TPSA) is 44.9 Å². The molecule has 0 amide bonds. The summed E-state index contributed by atoms with van der Waals surface area (Å²) in [6.45, 7) is 2.62. The Labute approximate surface area is 72.0 Å². The van der Waals surface area contributed by atoms with Crippen molar-refractivity contribution in [1.82, 2.24) is 14.7 Å². The summed E-state index contributed by atoms with van der Waals surface area (Å²) in [5.41, 5.74) is 2.21. The summed E-state index contributed by atoms with van der Waals surface area (Å²) in [6, 6.07) is 0. The molecule has 1 aromatic rings. The third-order valence-electron chi connectivity index (χ3n) is 1.83. The van der Waals surface area contributed by atoms with Gasteiger partial charge in [0.25, 0.3) is 0 Å². The summed E-state index contributed by atoms with van der Waals surface area (Å²) >= 11 is 0. The Morgan fingerprint density at radius 2 is 2.42 bits per heavy atom. The van der Waals surface area contributed by atoms with Gasteiger partial charge in [0.1, 0.15) is 0 Å². The van der Waals surface area contributed by atoms with E-state index >= 15 is 0 Å².